The predicted molar refractivity (Wildman–Crippen MR) is 89.8 cm³/mol. The standard InChI is InChI=1S/C16H20F3NO4S2/c17-16(18,19)14-8-4-5-9-15(14)26(23,24)20-10-13(11-20)25(21,22)12-6-2-1-3-7-12/h4-5,8-9,12-13H,1-3,6-7,10-11H2. The summed E-state index contributed by atoms with van der Waals surface area (Å²) in [6, 6.07) is 3.95. The molecule has 26 heavy (non-hydrogen) atoms. The monoisotopic (exact) mass is 411 g/mol. The zero-order valence-electron chi connectivity index (χ0n) is 13.9. The van der Waals surface area contributed by atoms with Crippen LogP contribution in [0.4, 0.5) is 13.2 Å². The Balaban J connectivity index is 1.79. The number of hydrogen-bond donors (Lipinski definition) is 0. The number of nitrogens with zero attached hydrogens (tertiary/aromatic N) is 1. The van der Waals surface area contributed by atoms with Crippen LogP contribution < -0.4 is 0 Å². The first kappa shape index (κ1) is 19.6. The summed E-state index contributed by atoms with van der Waals surface area (Å²) in [5, 5.41) is -1.30. The smallest absolute Gasteiger partial charge is 0.228 e. The van der Waals surface area contributed by atoms with E-state index < -0.39 is 47.0 Å². The Bertz CT molecular complexity index is 869. The van der Waals surface area contributed by atoms with Crippen LogP contribution in [0.5, 0.6) is 0 Å². The van der Waals surface area contributed by atoms with Gasteiger partial charge in [0.2, 0.25) is 10.0 Å². The molecule has 2 fully saturated rings. The lowest BCUT2D eigenvalue weighted by Gasteiger charge is -2.40. The summed E-state index contributed by atoms with van der Waals surface area (Å²) in [5.41, 5.74) is -1.24. The van der Waals surface area contributed by atoms with E-state index in [-0.39, 0.29) is 13.1 Å². The fraction of sp³-hybridized carbons (Fsp3) is 0.625. The summed E-state index contributed by atoms with van der Waals surface area (Å²) < 4.78 is 90.4. The van der Waals surface area contributed by atoms with Crippen molar-refractivity contribution >= 4 is 19.9 Å². The first-order valence-corrected chi connectivity index (χ1v) is 11.5. The Hall–Kier alpha value is -1.13. The topological polar surface area (TPSA) is 71.5 Å². The zero-order valence-corrected chi connectivity index (χ0v) is 15.6. The summed E-state index contributed by atoms with van der Waals surface area (Å²) >= 11 is 0. The van der Waals surface area contributed by atoms with E-state index in [1.807, 2.05) is 0 Å². The van der Waals surface area contributed by atoms with Gasteiger partial charge in [0.15, 0.2) is 9.84 Å². The normalized spacial score (nSPS) is 21.5. The molecular formula is C16H20F3NO4S2. The van der Waals surface area contributed by atoms with Gasteiger partial charge in [0.05, 0.1) is 21.0 Å². The predicted octanol–water partition coefficient (Wildman–Crippen LogP) is 2.83. The highest BCUT2D eigenvalue weighted by atomic mass is 32.2. The maximum Gasteiger partial charge on any atom is 0.417 e. The Morgan fingerprint density at radius 1 is 0.885 bits per heavy atom. The van der Waals surface area contributed by atoms with Crippen LogP contribution in [0.25, 0.3) is 0 Å². The van der Waals surface area contributed by atoms with Gasteiger partial charge in [-0.05, 0) is 25.0 Å². The third kappa shape index (κ3) is 3.50. The lowest BCUT2D eigenvalue weighted by molar-refractivity contribution is -0.139. The first-order chi connectivity index (χ1) is 12.0. The summed E-state index contributed by atoms with van der Waals surface area (Å²) in [4.78, 5) is -0.832. The number of rotatable bonds is 4. The summed E-state index contributed by atoms with van der Waals surface area (Å²) in [5.74, 6) is 0. The van der Waals surface area contributed by atoms with Gasteiger partial charge in [-0.15, -0.1) is 0 Å². The van der Waals surface area contributed by atoms with E-state index in [4.69, 9.17) is 0 Å². The molecule has 1 aliphatic carbocycles. The van der Waals surface area contributed by atoms with Crippen LogP contribution in [-0.4, -0.2) is 44.7 Å². The van der Waals surface area contributed by atoms with Crippen molar-refractivity contribution in [1.29, 1.82) is 0 Å². The Morgan fingerprint density at radius 3 is 2.04 bits per heavy atom. The Labute approximate surface area is 151 Å². The molecule has 0 aromatic heterocycles. The molecule has 1 saturated carbocycles. The van der Waals surface area contributed by atoms with E-state index in [2.05, 4.69) is 0 Å². The summed E-state index contributed by atoms with van der Waals surface area (Å²) in [6.07, 6.45) is -1.01. The van der Waals surface area contributed by atoms with Crippen molar-refractivity contribution in [2.24, 2.45) is 0 Å². The molecule has 1 saturated heterocycles. The van der Waals surface area contributed by atoms with Crippen LogP contribution in [0.2, 0.25) is 0 Å². The second kappa shape index (κ2) is 6.79. The molecule has 1 aromatic carbocycles. The van der Waals surface area contributed by atoms with Gasteiger partial charge in [0.1, 0.15) is 0 Å². The Kier molecular flexibility index (Phi) is 5.13. The SMILES string of the molecule is O=S(=O)(C1CCCCC1)C1CN(S(=O)(=O)c2ccccc2C(F)(F)F)C1. The molecule has 1 aliphatic heterocycles. The molecule has 146 valence electrons. The minimum Gasteiger partial charge on any atom is -0.228 e. The van der Waals surface area contributed by atoms with E-state index in [0.29, 0.717) is 18.9 Å². The van der Waals surface area contributed by atoms with Crippen LogP contribution in [0.3, 0.4) is 0 Å². The molecule has 0 bridgehead atoms. The van der Waals surface area contributed by atoms with Crippen molar-refractivity contribution < 1.29 is 30.0 Å². The molecule has 1 aromatic rings. The molecule has 10 heteroatoms. The van der Waals surface area contributed by atoms with Crippen molar-refractivity contribution in [2.45, 2.75) is 53.7 Å². The third-order valence-corrected chi connectivity index (χ3v) is 9.62. The van der Waals surface area contributed by atoms with Gasteiger partial charge in [0, 0.05) is 13.1 Å². The molecule has 5 nitrogen and oxygen atoms in total. The highest BCUT2D eigenvalue weighted by molar-refractivity contribution is 7.93. The third-order valence-electron chi connectivity index (χ3n) is 5.11. The van der Waals surface area contributed by atoms with Crippen LogP contribution >= 0.6 is 0 Å². The highest BCUT2D eigenvalue weighted by Crippen LogP contribution is 2.37. The molecule has 0 N–H and O–H groups in total. The minimum absolute atomic E-state index is 0.284. The number of halogens is 3. The van der Waals surface area contributed by atoms with E-state index in [9.17, 15) is 30.0 Å². The van der Waals surface area contributed by atoms with Crippen molar-refractivity contribution in [3.8, 4) is 0 Å². The van der Waals surface area contributed by atoms with E-state index in [1.165, 1.54) is 6.07 Å². The fourth-order valence-electron chi connectivity index (χ4n) is 3.54. The van der Waals surface area contributed by atoms with E-state index >= 15 is 0 Å². The molecule has 3 rings (SSSR count). The first-order valence-electron chi connectivity index (χ1n) is 8.43. The molecule has 0 spiro atoms. The van der Waals surface area contributed by atoms with Crippen LogP contribution in [-0.2, 0) is 26.0 Å². The zero-order chi connectivity index (χ0) is 19.2. The van der Waals surface area contributed by atoms with Crippen LogP contribution in [0.15, 0.2) is 29.2 Å². The molecular weight excluding hydrogens is 391 g/mol. The molecule has 0 atom stereocenters. The summed E-state index contributed by atoms with van der Waals surface area (Å²) in [7, 11) is -7.86. The molecule has 2 aliphatic rings. The van der Waals surface area contributed by atoms with E-state index in [1.54, 1.807) is 0 Å². The number of sulfonamides is 1. The fourth-order valence-corrected chi connectivity index (χ4v) is 7.78. The highest BCUT2D eigenvalue weighted by Gasteiger charge is 2.48. The van der Waals surface area contributed by atoms with Crippen molar-refractivity contribution in [3.05, 3.63) is 29.8 Å². The molecule has 0 amide bonds. The van der Waals surface area contributed by atoms with Gasteiger partial charge < -0.3 is 0 Å². The van der Waals surface area contributed by atoms with Crippen molar-refractivity contribution in [3.63, 3.8) is 0 Å². The van der Waals surface area contributed by atoms with Crippen molar-refractivity contribution in [1.82, 2.24) is 4.31 Å². The lowest BCUT2D eigenvalue weighted by atomic mass is 10.0. The lowest BCUT2D eigenvalue weighted by Crippen LogP contribution is -2.58. The van der Waals surface area contributed by atoms with Crippen LogP contribution in [0, 0.1) is 0 Å². The quantitative estimate of drug-likeness (QED) is 0.764. The van der Waals surface area contributed by atoms with Gasteiger partial charge in [0.25, 0.3) is 0 Å². The second-order valence-electron chi connectivity index (χ2n) is 6.79. The minimum atomic E-state index is -4.80. The molecule has 0 radical (unpaired) electrons. The van der Waals surface area contributed by atoms with Gasteiger partial charge in [-0.25, -0.2) is 16.8 Å². The largest absolute Gasteiger partial charge is 0.417 e. The van der Waals surface area contributed by atoms with E-state index in [0.717, 1.165) is 35.7 Å². The second-order valence-corrected chi connectivity index (χ2v) is 11.2. The van der Waals surface area contributed by atoms with Gasteiger partial charge in [-0.3, -0.25) is 0 Å². The van der Waals surface area contributed by atoms with Gasteiger partial charge in [-0.2, -0.15) is 17.5 Å². The number of alkyl halides is 3. The number of benzene rings is 1. The maximum atomic E-state index is 13.1. The molecule has 1 heterocycles. The van der Waals surface area contributed by atoms with Crippen molar-refractivity contribution in [2.75, 3.05) is 13.1 Å². The van der Waals surface area contributed by atoms with Crippen LogP contribution in [0.1, 0.15) is 37.7 Å². The van der Waals surface area contributed by atoms with Gasteiger partial charge in [-0.1, -0.05) is 31.4 Å². The number of hydrogen-bond acceptors (Lipinski definition) is 4. The number of sulfone groups is 1. The summed E-state index contributed by atoms with van der Waals surface area (Å²) in [6.45, 7) is -0.569. The average Bonchev–Trinajstić information content (AvgIpc) is 2.53. The average molecular weight is 411 g/mol. The Morgan fingerprint density at radius 2 is 1.46 bits per heavy atom. The maximum absolute atomic E-state index is 13.1. The molecule has 0 unspecified atom stereocenters. The van der Waals surface area contributed by atoms with Gasteiger partial charge >= 0.3 is 6.18 Å².